The minimum absolute atomic E-state index is 0.116. The van der Waals surface area contributed by atoms with E-state index < -0.39 is 23.5 Å². The summed E-state index contributed by atoms with van der Waals surface area (Å²) in [5.74, 6) is 1.72. The van der Waals surface area contributed by atoms with Crippen molar-refractivity contribution < 1.29 is 17.9 Å². The van der Waals surface area contributed by atoms with Gasteiger partial charge in [0.15, 0.2) is 23.2 Å². The first-order valence-corrected chi connectivity index (χ1v) is 5.66. The van der Waals surface area contributed by atoms with E-state index in [1.54, 1.807) is 7.05 Å². The molecule has 5 nitrogen and oxygen atoms in total. The first kappa shape index (κ1) is 14.4. The van der Waals surface area contributed by atoms with Crippen molar-refractivity contribution in [3.63, 3.8) is 0 Å². The molecule has 1 aromatic heterocycles. The summed E-state index contributed by atoms with van der Waals surface area (Å²) in [6.07, 6.45) is 1.44. The number of halogens is 3. The number of nitrogens with two attached hydrogens (primary N) is 1. The average Bonchev–Trinajstić information content (AvgIpc) is 2.78. The number of hydrazine groups is 1. The molecule has 1 atom stereocenters. The fraction of sp³-hybridized carbons (Fsp3) is 0.250. The molecular weight excluding hydrogens is 273 g/mol. The molecule has 1 aromatic carbocycles. The molecule has 0 radical (unpaired) electrons. The van der Waals surface area contributed by atoms with Crippen molar-refractivity contribution in [2.24, 2.45) is 12.9 Å². The number of hydrogen-bond acceptors (Lipinski definition) is 4. The van der Waals surface area contributed by atoms with Gasteiger partial charge in [-0.3, -0.25) is 10.5 Å². The zero-order chi connectivity index (χ0) is 14.9. The number of hydrogen-bond donors (Lipinski definition) is 2. The van der Waals surface area contributed by atoms with E-state index >= 15 is 0 Å². The van der Waals surface area contributed by atoms with Crippen LogP contribution in [0.5, 0.6) is 5.75 Å². The molecule has 0 fully saturated rings. The van der Waals surface area contributed by atoms with E-state index in [-0.39, 0.29) is 5.56 Å². The molecular formula is C12H13F3N4O. The molecule has 0 bridgehead atoms. The van der Waals surface area contributed by atoms with Crippen molar-refractivity contribution >= 4 is 0 Å². The molecule has 0 spiro atoms. The summed E-state index contributed by atoms with van der Waals surface area (Å²) in [5, 5.41) is 3.98. The Morgan fingerprint density at radius 2 is 1.90 bits per heavy atom. The van der Waals surface area contributed by atoms with Crippen LogP contribution < -0.4 is 16.0 Å². The van der Waals surface area contributed by atoms with Gasteiger partial charge in [-0.1, -0.05) is 0 Å². The highest BCUT2D eigenvalue weighted by atomic mass is 19.2. The third-order valence-corrected chi connectivity index (χ3v) is 2.95. The molecule has 8 heteroatoms. The summed E-state index contributed by atoms with van der Waals surface area (Å²) >= 11 is 0. The smallest absolute Gasteiger partial charge is 0.194 e. The molecule has 2 aromatic rings. The zero-order valence-electron chi connectivity index (χ0n) is 10.8. The van der Waals surface area contributed by atoms with Gasteiger partial charge >= 0.3 is 0 Å². The lowest BCUT2D eigenvalue weighted by atomic mass is 10.0. The van der Waals surface area contributed by atoms with E-state index in [1.807, 2.05) is 0 Å². The first-order chi connectivity index (χ1) is 9.49. The van der Waals surface area contributed by atoms with Crippen molar-refractivity contribution in [2.75, 3.05) is 7.11 Å². The Kier molecular flexibility index (Phi) is 3.96. The second-order valence-corrected chi connectivity index (χ2v) is 4.12. The van der Waals surface area contributed by atoms with Crippen LogP contribution in [0.3, 0.4) is 0 Å². The normalized spacial score (nSPS) is 12.5. The van der Waals surface area contributed by atoms with E-state index in [0.29, 0.717) is 11.4 Å². The highest BCUT2D eigenvalue weighted by Gasteiger charge is 2.24. The lowest BCUT2D eigenvalue weighted by Gasteiger charge is -2.18. The number of aryl methyl sites for hydroxylation is 1. The van der Waals surface area contributed by atoms with Crippen LogP contribution in [0.15, 0.2) is 18.3 Å². The monoisotopic (exact) mass is 286 g/mol. The van der Waals surface area contributed by atoms with E-state index in [4.69, 9.17) is 10.6 Å². The standard InChI is InChI=1S/C12H13F3N4O/c1-19-12(9(20-2)5-17-19)11(18-16)6-3-7(13)10(15)8(14)4-6/h3-5,11,18H,16H2,1-2H3. The van der Waals surface area contributed by atoms with Crippen molar-refractivity contribution in [3.05, 3.63) is 47.0 Å². The van der Waals surface area contributed by atoms with Crippen LogP contribution in [0.25, 0.3) is 0 Å². The summed E-state index contributed by atoms with van der Waals surface area (Å²) in [5.41, 5.74) is 2.99. The molecule has 0 aliphatic rings. The second-order valence-electron chi connectivity index (χ2n) is 4.12. The third-order valence-electron chi connectivity index (χ3n) is 2.95. The lowest BCUT2D eigenvalue weighted by molar-refractivity contribution is 0.400. The molecule has 20 heavy (non-hydrogen) atoms. The molecule has 2 rings (SSSR count). The van der Waals surface area contributed by atoms with Crippen LogP contribution in [0.1, 0.15) is 17.3 Å². The van der Waals surface area contributed by atoms with E-state index in [0.717, 1.165) is 12.1 Å². The third kappa shape index (κ3) is 2.35. The van der Waals surface area contributed by atoms with Crippen LogP contribution in [0.2, 0.25) is 0 Å². The Labute approximate surface area is 113 Å². The minimum Gasteiger partial charge on any atom is -0.493 e. The fourth-order valence-corrected chi connectivity index (χ4v) is 1.99. The quantitative estimate of drug-likeness (QED) is 0.506. The van der Waals surface area contributed by atoms with Gasteiger partial charge in [-0.2, -0.15) is 5.10 Å². The number of methoxy groups -OCH3 is 1. The number of nitrogens with one attached hydrogen (secondary N) is 1. The second kappa shape index (κ2) is 5.51. The molecule has 0 aliphatic carbocycles. The lowest BCUT2D eigenvalue weighted by Crippen LogP contribution is -2.31. The van der Waals surface area contributed by atoms with Gasteiger partial charge in [0.05, 0.1) is 19.3 Å². The highest BCUT2D eigenvalue weighted by Crippen LogP contribution is 2.30. The number of aromatic nitrogens is 2. The number of nitrogens with zero attached hydrogens (tertiary/aromatic N) is 2. The van der Waals surface area contributed by atoms with Gasteiger partial charge in [0.1, 0.15) is 5.69 Å². The first-order valence-electron chi connectivity index (χ1n) is 5.66. The van der Waals surface area contributed by atoms with Crippen molar-refractivity contribution in [1.29, 1.82) is 0 Å². The van der Waals surface area contributed by atoms with Crippen LogP contribution in [0, 0.1) is 17.5 Å². The van der Waals surface area contributed by atoms with E-state index in [2.05, 4.69) is 10.5 Å². The molecule has 0 saturated carbocycles. The van der Waals surface area contributed by atoms with Crippen molar-refractivity contribution in [2.45, 2.75) is 6.04 Å². The summed E-state index contributed by atoms with van der Waals surface area (Å²) in [7, 11) is 3.05. The van der Waals surface area contributed by atoms with E-state index in [1.165, 1.54) is 18.0 Å². The number of benzene rings is 1. The van der Waals surface area contributed by atoms with Gasteiger partial charge in [0.2, 0.25) is 0 Å². The average molecular weight is 286 g/mol. The molecule has 1 unspecified atom stereocenters. The topological polar surface area (TPSA) is 65.1 Å². The maximum absolute atomic E-state index is 13.3. The molecule has 108 valence electrons. The van der Waals surface area contributed by atoms with Gasteiger partial charge in [-0.05, 0) is 17.7 Å². The van der Waals surface area contributed by atoms with Gasteiger partial charge in [-0.15, -0.1) is 0 Å². The molecule has 0 aliphatic heterocycles. The van der Waals surface area contributed by atoms with Crippen molar-refractivity contribution in [1.82, 2.24) is 15.2 Å². The molecule has 3 N–H and O–H groups in total. The Morgan fingerprint density at radius 3 is 2.40 bits per heavy atom. The molecule has 0 amide bonds. The largest absolute Gasteiger partial charge is 0.493 e. The molecule has 1 heterocycles. The number of rotatable bonds is 4. The van der Waals surface area contributed by atoms with E-state index in [9.17, 15) is 13.2 Å². The Bertz CT molecular complexity index is 606. The van der Waals surface area contributed by atoms with Crippen LogP contribution >= 0.6 is 0 Å². The SMILES string of the molecule is COc1cnn(C)c1C(NN)c1cc(F)c(F)c(F)c1. The Morgan fingerprint density at radius 1 is 1.30 bits per heavy atom. The Hall–Kier alpha value is -2.06. The summed E-state index contributed by atoms with van der Waals surface area (Å²) in [4.78, 5) is 0. The van der Waals surface area contributed by atoms with Gasteiger partial charge in [0, 0.05) is 7.05 Å². The zero-order valence-corrected chi connectivity index (χ0v) is 10.8. The predicted octanol–water partition coefficient (Wildman–Crippen LogP) is 1.40. The molecule has 0 saturated heterocycles. The number of ether oxygens (including phenoxy) is 1. The maximum atomic E-state index is 13.3. The van der Waals surface area contributed by atoms with Gasteiger partial charge < -0.3 is 4.74 Å². The fourth-order valence-electron chi connectivity index (χ4n) is 1.99. The minimum atomic E-state index is -1.53. The summed E-state index contributed by atoms with van der Waals surface area (Å²) < 4.78 is 46.2. The summed E-state index contributed by atoms with van der Waals surface area (Å²) in [6.45, 7) is 0. The van der Waals surface area contributed by atoms with Gasteiger partial charge in [0.25, 0.3) is 0 Å². The van der Waals surface area contributed by atoms with Crippen LogP contribution in [0.4, 0.5) is 13.2 Å². The maximum Gasteiger partial charge on any atom is 0.194 e. The predicted molar refractivity (Wildman–Crippen MR) is 65.2 cm³/mol. The highest BCUT2D eigenvalue weighted by molar-refractivity contribution is 5.36. The summed E-state index contributed by atoms with van der Waals surface area (Å²) in [6, 6.07) is 0.937. The van der Waals surface area contributed by atoms with Gasteiger partial charge in [-0.25, -0.2) is 18.6 Å². The van der Waals surface area contributed by atoms with Crippen LogP contribution in [-0.2, 0) is 7.05 Å². The Balaban J connectivity index is 2.55. The van der Waals surface area contributed by atoms with Crippen molar-refractivity contribution in [3.8, 4) is 5.75 Å². The van der Waals surface area contributed by atoms with Crippen LogP contribution in [-0.4, -0.2) is 16.9 Å².